The van der Waals surface area contributed by atoms with Crippen molar-refractivity contribution in [2.24, 2.45) is 0 Å². The first kappa shape index (κ1) is 22.1. The SMILES string of the molecule is Cc1ccc(S(=O)(=O)N2CCOCC2)cc1C(=O)Nc1ccccc1OC(F)(F)F. The molecule has 1 fully saturated rings. The maximum atomic E-state index is 12.8. The van der Waals surface area contributed by atoms with Crippen LogP contribution in [0.1, 0.15) is 15.9 Å². The van der Waals surface area contributed by atoms with Gasteiger partial charge in [-0.05, 0) is 36.8 Å². The Morgan fingerprint density at radius 1 is 1.13 bits per heavy atom. The summed E-state index contributed by atoms with van der Waals surface area (Å²) in [6.07, 6.45) is -4.93. The molecule has 0 saturated carbocycles. The lowest BCUT2D eigenvalue weighted by Crippen LogP contribution is -2.40. The monoisotopic (exact) mass is 444 g/mol. The van der Waals surface area contributed by atoms with Crippen molar-refractivity contribution >= 4 is 21.6 Å². The third-order valence-corrected chi connectivity index (χ3v) is 6.32. The van der Waals surface area contributed by atoms with Crippen LogP contribution in [0.3, 0.4) is 0 Å². The van der Waals surface area contributed by atoms with E-state index in [0.717, 1.165) is 6.07 Å². The van der Waals surface area contributed by atoms with E-state index in [2.05, 4.69) is 10.1 Å². The molecule has 162 valence electrons. The summed E-state index contributed by atoms with van der Waals surface area (Å²) in [5.74, 6) is -1.34. The van der Waals surface area contributed by atoms with Crippen molar-refractivity contribution in [2.45, 2.75) is 18.2 Å². The first-order chi connectivity index (χ1) is 14.1. The second-order valence-electron chi connectivity index (χ2n) is 6.49. The first-order valence-corrected chi connectivity index (χ1v) is 10.4. The number of para-hydroxylation sites is 2. The van der Waals surface area contributed by atoms with Gasteiger partial charge in [0.25, 0.3) is 5.91 Å². The minimum atomic E-state index is -4.93. The van der Waals surface area contributed by atoms with Gasteiger partial charge in [-0.1, -0.05) is 18.2 Å². The largest absolute Gasteiger partial charge is 0.573 e. The van der Waals surface area contributed by atoms with Crippen molar-refractivity contribution in [3.63, 3.8) is 0 Å². The Kier molecular flexibility index (Phi) is 6.34. The highest BCUT2D eigenvalue weighted by molar-refractivity contribution is 7.89. The number of hydrogen-bond donors (Lipinski definition) is 1. The summed E-state index contributed by atoms with van der Waals surface area (Å²) in [5.41, 5.74) is 0.287. The zero-order valence-corrected chi connectivity index (χ0v) is 16.7. The predicted octanol–water partition coefficient (Wildman–Crippen LogP) is 3.17. The number of nitrogens with one attached hydrogen (secondary N) is 1. The van der Waals surface area contributed by atoms with Gasteiger partial charge in [-0.2, -0.15) is 4.31 Å². The Labute approximate surface area is 171 Å². The van der Waals surface area contributed by atoms with Gasteiger partial charge < -0.3 is 14.8 Å². The molecule has 0 bridgehead atoms. The van der Waals surface area contributed by atoms with E-state index in [1.807, 2.05) is 0 Å². The molecule has 0 aromatic heterocycles. The molecule has 2 aromatic rings. The summed E-state index contributed by atoms with van der Waals surface area (Å²) < 4.78 is 73.8. The number of halogens is 3. The van der Waals surface area contributed by atoms with Gasteiger partial charge in [0.05, 0.1) is 23.8 Å². The molecule has 2 aromatic carbocycles. The molecule has 1 amide bonds. The maximum Gasteiger partial charge on any atom is 0.573 e. The fourth-order valence-corrected chi connectivity index (χ4v) is 4.35. The van der Waals surface area contributed by atoms with Crippen molar-refractivity contribution in [1.82, 2.24) is 4.31 Å². The molecule has 0 aliphatic carbocycles. The lowest BCUT2D eigenvalue weighted by Gasteiger charge is -2.26. The Hall–Kier alpha value is -2.63. The molecule has 1 saturated heterocycles. The van der Waals surface area contributed by atoms with Gasteiger partial charge in [0.1, 0.15) is 0 Å². The van der Waals surface area contributed by atoms with Crippen LogP contribution in [-0.2, 0) is 14.8 Å². The molecule has 1 heterocycles. The van der Waals surface area contributed by atoms with Crippen molar-refractivity contribution in [1.29, 1.82) is 0 Å². The van der Waals surface area contributed by atoms with Gasteiger partial charge in [0.15, 0.2) is 5.75 Å². The lowest BCUT2D eigenvalue weighted by molar-refractivity contribution is -0.274. The minimum absolute atomic E-state index is 0.0196. The average molecular weight is 444 g/mol. The van der Waals surface area contributed by atoms with Crippen molar-refractivity contribution in [3.05, 3.63) is 53.6 Å². The standard InChI is InChI=1S/C19H19F3N2O5S/c1-13-6-7-14(30(26,27)24-8-10-28-11-9-24)12-15(13)18(25)23-16-4-2-3-5-17(16)29-19(20,21)22/h2-7,12H,8-11H2,1H3,(H,23,25). The Morgan fingerprint density at radius 2 is 1.80 bits per heavy atom. The molecule has 1 N–H and O–H groups in total. The lowest BCUT2D eigenvalue weighted by atomic mass is 10.1. The van der Waals surface area contributed by atoms with Crippen LogP contribution in [0.5, 0.6) is 5.75 Å². The van der Waals surface area contributed by atoms with E-state index >= 15 is 0 Å². The molecular formula is C19H19F3N2O5S. The van der Waals surface area contributed by atoms with E-state index in [1.165, 1.54) is 40.7 Å². The number of alkyl halides is 3. The summed E-state index contributed by atoms with van der Waals surface area (Å²) in [4.78, 5) is 12.6. The molecule has 0 atom stereocenters. The summed E-state index contributed by atoms with van der Waals surface area (Å²) in [6, 6.07) is 9.15. The zero-order chi connectivity index (χ0) is 21.9. The van der Waals surface area contributed by atoms with Crippen LogP contribution in [0.4, 0.5) is 18.9 Å². The van der Waals surface area contributed by atoms with Crippen LogP contribution < -0.4 is 10.1 Å². The summed E-state index contributed by atoms with van der Waals surface area (Å²) in [7, 11) is -3.84. The second kappa shape index (κ2) is 8.62. The summed E-state index contributed by atoms with van der Waals surface area (Å²) >= 11 is 0. The number of hydrogen-bond acceptors (Lipinski definition) is 5. The molecule has 11 heteroatoms. The molecule has 0 unspecified atom stereocenters. The highest BCUT2D eigenvalue weighted by Crippen LogP contribution is 2.30. The topological polar surface area (TPSA) is 84.9 Å². The first-order valence-electron chi connectivity index (χ1n) is 8.92. The molecular weight excluding hydrogens is 425 g/mol. The summed E-state index contributed by atoms with van der Waals surface area (Å²) in [6.45, 7) is 2.53. The van der Waals surface area contributed by atoms with Crippen LogP contribution in [-0.4, -0.2) is 51.3 Å². The smallest absolute Gasteiger partial charge is 0.404 e. The molecule has 30 heavy (non-hydrogen) atoms. The van der Waals surface area contributed by atoms with E-state index in [1.54, 1.807) is 6.92 Å². The van der Waals surface area contributed by atoms with E-state index in [-0.39, 0.29) is 42.4 Å². The predicted molar refractivity (Wildman–Crippen MR) is 102 cm³/mol. The van der Waals surface area contributed by atoms with Crippen molar-refractivity contribution in [2.75, 3.05) is 31.6 Å². The number of morpholine rings is 1. The third kappa shape index (κ3) is 5.10. The van der Waals surface area contributed by atoms with Gasteiger partial charge in [0.2, 0.25) is 10.0 Å². The fraction of sp³-hybridized carbons (Fsp3) is 0.316. The number of ether oxygens (including phenoxy) is 2. The number of nitrogens with zero attached hydrogens (tertiary/aromatic N) is 1. The number of amides is 1. The van der Waals surface area contributed by atoms with Crippen LogP contribution in [0.25, 0.3) is 0 Å². The van der Waals surface area contributed by atoms with Gasteiger partial charge in [0, 0.05) is 18.7 Å². The highest BCUT2D eigenvalue weighted by atomic mass is 32.2. The molecule has 7 nitrogen and oxygen atoms in total. The molecule has 1 aliphatic rings. The highest BCUT2D eigenvalue weighted by Gasteiger charge is 2.32. The number of anilines is 1. The van der Waals surface area contributed by atoms with Gasteiger partial charge in [-0.25, -0.2) is 8.42 Å². The number of rotatable bonds is 5. The van der Waals surface area contributed by atoms with Crippen LogP contribution in [0.2, 0.25) is 0 Å². The average Bonchev–Trinajstić information content (AvgIpc) is 2.69. The number of aryl methyl sites for hydroxylation is 1. The van der Waals surface area contributed by atoms with Crippen LogP contribution in [0, 0.1) is 6.92 Å². The van der Waals surface area contributed by atoms with Crippen LogP contribution >= 0.6 is 0 Å². The second-order valence-corrected chi connectivity index (χ2v) is 8.43. The van der Waals surface area contributed by atoms with E-state index in [0.29, 0.717) is 5.56 Å². The van der Waals surface area contributed by atoms with E-state index < -0.39 is 28.0 Å². The van der Waals surface area contributed by atoms with Crippen LogP contribution in [0.15, 0.2) is 47.4 Å². The van der Waals surface area contributed by atoms with Gasteiger partial charge >= 0.3 is 6.36 Å². The number of sulfonamides is 1. The molecule has 3 rings (SSSR count). The van der Waals surface area contributed by atoms with Crippen molar-refractivity contribution < 1.29 is 35.9 Å². The third-order valence-electron chi connectivity index (χ3n) is 4.42. The Balaban J connectivity index is 1.88. The molecule has 1 aliphatic heterocycles. The van der Waals surface area contributed by atoms with Crippen molar-refractivity contribution in [3.8, 4) is 5.75 Å². The Bertz CT molecular complexity index is 1030. The number of benzene rings is 2. The molecule has 0 spiro atoms. The number of carbonyl (C=O) groups is 1. The van der Waals surface area contributed by atoms with E-state index in [9.17, 15) is 26.4 Å². The quantitative estimate of drug-likeness (QED) is 0.766. The minimum Gasteiger partial charge on any atom is -0.404 e. The molecule has 0 radical (unpaired) electrons. The van der Waals surface area contributed by atoms with Gasteiger partial charge in [-0.3, -0.25) is 4.79 Å². The number of carbonyl (C=O) groups excluding carboxylic acids is 1. The van der Waals surface area contributed by atoms with E-state index in [4.69, 9.17) is 4.74 Å². The zero-order valence-electron chi connectivity index (χ0n) is 15.9. The maximum absolute atomic E-state index is 12.8. The summed E-state index contributed by atoms with van der Waals surface area (Å²) in [5, 5.41) is 2.36. The Morgan fingerprint density at radius 3 is 2.47 bits per heavy atom. The fourth-order valence-electron chi connectivity index (χ4n) is 2.92. The normalized spacial score (nSPS) is 15.6. The van der Waals surface area contributed by atoms with Gasteiger partial charge in [-0.15, -0.1) is 13.2 Å².